The molecule has 2 heterocycles. The lowest BCUT2D eigenvalue weighted by Crippen LogP contribution is -1.98. The van der Waals surface area contributed by atoms with Crippen LogP contribution in [0.25, 0.3) is 11.0 Å². The molecule has 3 aromatic rings. The predicted molar refractivity (Wildman–Crippen MR) is 69.3 cm³/mol. The number of nitrogen functional groups attached to an aromatic ring is 1. The van der Waals surface area contributed by atoms with E-state index in [1.54, 1.807) is 6.07 Å². The van der Waals surface area contributed by atoms with Gasteiger partial charge in [-0.15, -0.1) is 0 Å². The maximum absolute atomic E-state index is 10.7. The van der Waals surface area contributed by atoms with E-state index in [1.807, 2.05) is 0 Å². The van der Waals surface area contributed by atoms with E-state index in [0.29, 0.717) is 11.0 Å². The van der Waals surface area contributed by atoms with Gasteiger partial charge in [0.1, 0.15) is 11.1 Å². The molecule has 0 atom stereocenters. The second-order valence-electron chi connectivity index (χ2n) is 3.88. The Hall–Kier alpha value is -3.23. The number of anilines is 1. The lowest BCUT2D eigenvalue weighted by atomic mass is 10.3. The summed E-state index contributed by atoms with van der Waals surface area (Å²) in [6, 6.07) is 5.76. The SMILES string of the molecule is Nc1nc(Oc2cccc([N+](=O)[O-])c2)c2cn[nH]c2n1. The van der Waals surface area contributed by atoms with Gasteiger partial charge in [0.2, 0.25) is 11.8 Å². The smallest absolute Gasteiger partial charge is 0.273 e. The third-order valence-electron chi connectivity index (χ3n) is 2.54. The highest BCUT2D eigenvalue weighted by molar-refractivity contribution is 5.80. The van der Waals surface area contributed by atoms with E-state index in [4.69, 9.17) is 10.5 Å². The Labute approximate surface area is 111 Å². The lowest BCUT2D eigenvalue weighted by molar-refractivity contribution is -0.384. The molecule has 20 heavy (non-hydrogen) atoms. The van der Waals surface area contributed by atoms with Gasteiger partial charge in [0.15, 0.2) is 5.65 Å². The van der Waals surface area contributed by atoms with Crippen molar-refractivity contribution in [2.75, 3.05) is 5.73 Å². The fraction of sp³-hybridized carbons (Fsp3) is 0. The summed E-state index contributed by atoms with van der Waals surface area (Å²) in [6.07, 6.45) is 1.49. The van der Waals surface area contributed by atoms with Crippen molar-refractivity contribution >= 4 is 22.7 Å². The monoisotopic (exact) mass is 272 g/mol. The van der Waals surface area contributed by atoms with Crippen molar-refractivity contribution in [1.29, 1.82) is 0 Å². The molecule has 0 fully saturated rings. The molecule has 0 aliphatic heterocycles. The Morgan fingerprint density at radius 3 is 3.00 bits per heavy atom. The minimum Gasteiger partial charge on any atom is -0.438 e. The van der Waals surface area contributed by atoms with Crippen molar-refractivity contribution in [3.8, 4) is 11.6 Å². The van der Waals surface area contributed by atoms with Gasteiger partial charge in [-0.1, -0.05) is 6.07 Å². The average molecular weight is 272 g/mol. The molecule has 0 amide bonds. The first-order valence-corrected chi connectivity index (χ1v) is 5.52. The average Bonchev–Trinajstić information content (AvgIpc) is 2.87. The van der Waals surface area contributed by atoms with E-state index in [0.717, 1.165) is 0 Å². The van der Waals surface area contributed by atoms with Crippen LogP contribution in [0.3, 0.4) is 0 Å². The summed E-state index contributed by atoms with van der Waals surface area (Å²) >= 11 is 0. The second-order valence-corrected chi connectivity index (χ2v) is 3.88. The fourth-order valence-electron chi connectivity index (χ4n) is 1.67. The van der Waals surface area contributed by atoms with Gasteiger partial charge in [-0.05, 0) is 6.07 Å². The van der Waals surface area contributed by atoms with Crippen LogP contribution in [0.4, 0.5) is 11.6 Å². The van der Waals surface area contributed by atoms with E-state index < -0.39 is 4.92 Å². The largest absolute Gasteiger partial charge is 0.438 e. The molecule has 3 rings (SSSR count). The zero-order chi connectivity index (χ0) is 14.1. The van der Waals surface area contributed by atoms with E-state index in [9.17, 15) is 10.1 Å². The Morgan fingerprint density at radius 2 is 2.20 bits per heavy atom. The molecule has 0 spiro atoms. The minimum absolute atomic E-state index is 0.0159. The molecule has 3 N–H and O–H groups in total. The lowest BCUT2D eigenvalue weighted by Gasteiger charge is -2.05. The number of fused-ring (bicyclic) bond motifs is 1. The van der Waals surface area contributed by atoms with E-state index in [1.165, 1.54) is 24.4 Å². The quantitative estimate of drug-likeness (QED) is 0.546. The van der Waals surface area contributed by atoms with Crippen LogP contribution in [-0.2, 0) is 0 Å². The van der Waals surface area contributed by atoms with Crippen molar-refractivity contribution in [2.45, 2.75) is 0 Å². The van der Waals surface area contributed by atoms with Crippen LogP contribution in [0.5, 0.6) is 11.6 Å². The molecular weight excluding hydrogens is 264 g/mol. The number of benzene rings is 1. The predicted octanol–water partition coefficient (Wildman–Crippen LogP) is 1.64. The number of rotatable bonds is 3. The van der Waals surface area contributed by atoms with Crippen LogP contribution < -0.4 is 10.5 Å². The van der Waals surface area contributed by atoms with Crippen LogP contribution in [0.1, 0.15) is 0 Å². The number of non-ortho nitro benzene ring substituents is 1. The first-order valence-electron chi connectivity index (χ1n) is 5.52. The number of nitro benzene ring substituents is 1. The molecule has 0 aliphatic carbocycles. The summed E-state index contributed by atoms with van der Waals surface area (Å²) < 4.78 is 5.53. The molecule has 0 saturated carbocycles. The van der Waals surface area contributed by atoms with Crippen LogP contribution in [0.2, 0.25) is 0 Å². The molecule has 9 nitrogen and oxygen atoms in total. The van der Waals surface area contributed by atoms with Gasteiger partial charge in [0, 0.05) is 6.07 Å². The number of hydrogen-bond acceptors (Lipinski definition) is 7. The third kappa shape index (κ3) is 2.07. The van der Waals surface area contributed by atoms with Crippen molar-refractivity contribution in [3.63, 3.8) is 0 Å². The van der Waals surface area contributed by atoms with Gasteiger partial charge in [0.25, 0.3) is 5.69 Å². The van der Waals surface area contributed by atoms with Crippen LogP contribution >= 0.6 is 0 Å². The summed E-state index contributed by atoms with van der Waals surface area (Å²) in [4.78, 5) is 18.1. The van der Waals surface area contributed by atoms with Gasteiger partial charge in [0.05, 0.1) is 17.2 Å². The molecule has 0 aliphatic rings. The first-order chi connectivity index (χ1) is 9.63. The summed E-state index contributed by atoms with van der Waals surface area (Å²) in [5.74, 6) is 0.476. The Bertz CT molecular complexity index is 800. The second kappa shape index (κ2) is 4.46. The third-order valence-corrected chi connectivity index (χ3v) is 2.54. The number of nitrogens with one attached hydrogen (secondary N) is 1. The highest BCUT2D eigenvalue weighted by Gasteiger charge is 2.12. The van der Waals surface area contributed by atoms with Crippen molar-refractivity contribution in [1.82, 2.24) is 20.2 Å². The summed E-state index contributed by atoms with van der Waals surface area (Å²) in [6.45, 7) is 0. The Kier molecular flexibility index (Phi) is 2.64. The number of H-pyrrole nitrogens is 1. The zero-order valence-electron chi connectivity index (χ0n) is 9.98. The zero-order valence-corrected chi connectivity index (χ0v) is 9.98. The van der Waals surface area contributed by atoms with Crippen LogP contribution in [0.15, 0.2) is 30.5 Å². The maximum Gasteiger partial charge on any atom is 0.273 e. The van der Waals surface area contributed by atoms with Crippen molar-refractivity contribution in [2.24, 2.45) is 0 Å². The number of nitro groups is 1. The van der Waals surface area contributed by atoms with E-state index >= 15 is 0 Å². The van der Waals surface area contributed by atoms with Gasteiger partial charge in [-0.25, -0.2) is 0 Å². The van der Waals surface area contributed by atoms with E-state index in [2.05, 4.69) is 20.2 Å². The summed E-state index contributed by atoms with van der Waals surface area (Å²) in [5, 5.41) is 17.7. The molecule has 9 heteroatoms. The molecule has 0 unspecified atom stereocenters. The maximum atomic E-state index is 10.7. The van der Waals surface area contributed by atoms with Gasteiger partial charge >= 0.3 is 0 Å². The van der Waals surface area contributed by atoms with E-state index in [-0.39, 0.29) is 23.3 Å². The molecule has 100 valence electrons. The molecule has 2 aromatic heterocycles. The molecule has 0 saturated heterocycles. The summed E-state index contributed by atoms with van der Waals surface area (Å²) in [7, 11) is 0. The van der Waals surface area contributed by atoms with Crippen LogP contribution in [0, 0.1) is 10.1 Å². The van der Waals surface area contributed by atoms with Crippen molar-refractivity contribution in [3.05, 3.63) is 40.6 Å². The molecule has 1 aromatic carbocycles. The first kappa shape index (κ1) is 11.8. The number of aromatic amines is 1. The number of aromatic nitrogens is 4. The highest BCUT2D eigenvalue weighted by atomic mass is 16.6. The normalized spacial score (nSPS) is 10.6. The van der Waals surface area contributed by atoms with Gasteiger partial charge < -0.3 is 10.5 Å². The van der Waals surface area contributed by atoms with Gasteiger partial charge in [-0.3, -0.25) is 15.2 Å². The topological polar surface area (TPSA) is 133 Å². The molecule has 0 bridgehead atoms. The molecular formula is C11H8N6O3. The number of ether oxygens (including phenoxy) is 1. The summed E-state index contributed by atoms with van der Waals surface area (Å²) in [5.41, 5.74) is 5.91. The number of nitrogens with two attached hydrogens (primary N) is 1. The minimum atomic E-state index is -0.505. The Balaban J connectivity index is 2.02. The Morgan fingerprint density at radius 1 is 1.35 bits per heavy atom. The number of hydrogen-bond donors (Lipinski definition) is 2. The molecule has 0 radical (unpaired) electrons. The highest BCUT2D eigenvalue weighted by Crippen LogP contribution is 2.28. The fourth-order valence-corrected chi connectivity index (χ4v) is 1.67. The standard InChI is InChI=1S/C11H8N6O3/c12-11-14-9-8(5-13-16-9)10(15-11)20-7-3-1-2-6(4-7)17(18)19/h1-5H,(H3,12,13,14,15,16). The van der Waals surface area contributed by atoms with Gasteiger partial charge in [-0.2, -0.15) is 15.1 Å². The number of nitrogens with zero attached hydrogens (tertiary/aromatic N) is 4. The van der Waals surface area contributed by atoms with Crippen molar-refractivity contribution < 1.29 is 9.66 Å². The van der Waals surface area contributed by atoms with Crippen LogP contribution in [-0.4, -0.2) is 25.1 Å².